The third-order valence-corrected chi connectivity index (χ3v) is 3.99. The van der Waals surface area contributed by atoms with Gasteiger partial charge in [0.15, 0.2) is 5.78 Å². The molecule has 0 N–H and O–H groups in total. The Morgan fingerprint density at radius 1 is 1.21 bits per heavy atom. The Morgan fingerprint density at radius 3 is 2.37 bits per heavy atom. The molecule has 0 amide bonds. The van der Waals surface area contributed by atoms with Gasteiger partial charge in [-0.1, -0.05) is 43.7 Å². The van der Waals surface area contributed by atoms with Gasteiger partial charge in [0.25, 0.3) is 0 Å². The van der Waals surface area contributed by atoms with Crippen molar-refractivity contribution in [3.8, 4) is 0 Å². The van der Waals surface area contributed by atoms with Crippen LogP contribution in [-0.2, 0) is 9.53 Å². The predicted octanol–water partition coefficient (Wildman–Crippen LogP) is 3.24. The molecule has 0 saturated heterocycles. The lowest BCUT2D eigenvalue weighted by Crippen LogP contribution is -2.50. The van der Waals surface area contributed by atoms with Crippen LogP contribution in [0.15, 0.2) is 30.3 Å². The Bertz CT molecular complexity index is 458. The van der Waals surface area contributed by atoms with Crippen LogP contribution in [0.1, 0.15) is 43.5 Å². The molecule has 102 valence electrons. The minimum atomic E-state index is -0.932. The van der Waals surface area contributed by atoms with E-state index in [2.05, 4.69) is 6.92 Å². The van der Waals surface area contributed by atoms with E-state index in [1.807, 2.05) is 18.2 Å². The quantitative estimate of drug-likeness (QED) is 0.464. The Kier molecular flexibility index (Phi) is 4.03. The topological polar surface area (TPSA) is 43.4 Å². The van der Waals surface area contributed by atoms with Gasteiger partial charge in [-0.2, -0.15) is 0 Å². The van der Waals surface area contributed by atoms with Gasteiger partial charge in [0.2, 0.25) is 0 Å². The highest BCUT2D eigenvalue weighted by atomic mass is 16.5. The molecular formula is C16H20O3. The van der Waals surface area contributed by atoms with Crippen molar-refractivity contribution in [1.82, 2.24) is 0 Å². The lowest BCUT2D eigenvalue weighted by molar-refractivity contribution is -0.159. The summed E-state index contributed by atoms with van der Waals surface area (Å²) >= 11 is 0. The molecule has 1 aromatic carbocycles. The van der Waals surface area contributed by atoms with Gasteiger partial charge in [0.1, 0.15) is 5.41 Å². The summed E-state index contributed by atoms with van der Waals surface area (Å²) in [6.45, 7) is 4.18. The van der Waals surface area contributed by atoms with Crippen molar-refractivity contribution in [2.75, 3.05) is 6.61 Å². The highest BCUT2D eigenvalue weighted by Gasteiger charge is 2.56. The van der Waals surface area contributed by atoms with E-state index in [-0.39, 0.29) is 11.8 Å². The minimum absolute atomic E-state index is 0.0868. The highest BCUT2D eigenvalue weighted by Crippen LogP contribution is 2.50. The van der Waals surface area contributed by atoms with Gasteiger partial charge in [-0.3, -0.25) is 9.59 Å². The number of carbonyl (C=O) groups is 2. The summed E-state index contributed by atoms with van der Waals surface area (Å²) in [5, 5.41) is 0. The van der Waals surface area contributed by atoms with Crippen LogP contribution in [0.2, 0.25) is 0 Å². The van der Waals surface area contributed by atoms with Crippen LogP contribution in [0.5, 0.6) is 0 Å². The lowest BCUT2D eigenvalue weighted by Gasteiger charge is -2.43. The molecule has 19 heavy (non-hydrogen) atoms. The summed E-state index contributed by atoms with van der Waals surface area (Å²) in [5.74, 6) is 0.0156. The normalized spacial score (nSPS) is 25.5. The molecule has 0 atom stereocenters. The molecule has 2 rings (SSSR count). The van der Waals surface area contributed by atoms with Crippen molar-refractivity contribution in [3.63, 3.8) is 0 Å². The van der Waals surface area contributed by atoms with Crippen LogP contribution >= 0.6 is 0 Å². The maximum Gasteiger partial charge on any atom is 0.320 e. The molecule has 0 unspecified atom stereocenters. The van der Waals surface area contributed by atoms with Crippen LogP contribution in [0.25, 0.3) is 0 Å². The number of carbonyl (C=O) groups excluding carboxylic acids is 2. The summed E-state index contributed by atoms with van der Waals surface area (Å²) < 4.78 is 5.12. The Balaban J connectivity index is 2.25. The van der Waals surface area contributed by atoms with Gasteiger partial charge in [0, 0.05) is 5.56 Å². The van der Waals surface area contributed by atoms with Gasteiger partial charge < -0.3 is 4.74 Å². The third kappa shape index (κ3) is 2.42. The molecule has 0 aromatic heterocycles. The first-order chi connectivity index (χ1) is 9.14. The van der Waals surface area contributed by atoms with Crippen molar-refractivity contribution < 1.29 is 14.3 Å². The van der Waals surface area contributed by atoms with E-state index in [1.165, 1.54) is 0 Å². The number of hydrogen-bond donors (Lipinski definition) is 0. The van der Waals surface area contributed by atoms with Gasteiger partial charge in [-0.15, -0.1) is 0 Å². The molecule has 0 spiro atoms. The standard InChI is InChI=1S/C16H20O3/c1-3-12-10-16(11-12,15(18)19-4-2)14(17)13-8-6-5-7-9-13/h5-9,12H,3-4,10-11H2,1-2H3. The van der Waals surface area contributed by atoms with E-state index in [0.717, 1.165) is 6.42 Å². The Hall–Kier alpha value is -1.64. The third-order valence-electron chi connectivity index (χ3n) is 3.99. The van der Waals surface area contributed by atoms with Crippen molar-refractivity contribution in [3.05, 3.63) is 35.9 Å². The zero-order valence-corrected chi connectivity index (χ0v) is 11.5. The fourth-order valence-electron chi connectivity index (χ4n) is 2.79. The summed E-state index contributed by atoms with van der Waals surface area (Å²) in [7, 11) is 0. The molecule has 0 aliphatic heterocycles. The average Bonchev–Trinajstić information content (AvgIpc) is 2.39. The largest absolute Gasteiger partial charge is 0.465 e. The zero-order valence-electron chi connectivity index (χ0n) is 11.5. The predicted molar refractivity (Wildman–Crippen MR) is 72.9 cm³/mol. The molecule has 3 nitrogen and oxygen atoms in total. The number of benzene rings is 1. The number of ether oxygens (including phenoxy) is 1. The maximum atomic E-state index is 12.6. The van der Waals surface area contributed by atoms with Crippen molar-refractivity contribution in [1.29, 1.82) is 0 Å². The Morgan fingerprint density at radius 2 is 1.84 bits per heavy atom. The van der Waals surface area contributed by atoms with Crippen molar-refractivity contribution in [2.24, 2.45) is 11.3 Å². The van der Waals surface area contributed by atoms with Crippen LogP contribution in [0.3, 0.4) is 0 Å². The number of esters is 1. The average molecular weight is 260 g/mol. The summed E-state index contributed by atoms with van der Waals surface area (Å²) in [6, 6.07) is 9.04. The van der Waals surface area contributed by atoms with Gasteiger partial charge in [0.05, 0.1) is 6.61 Å². The van der Waals surface area contributed by atoms with Gasteiger partial charge >= 0.3 is 5.97 Å². The van der Waals surface area contributed by atoms with E-state index in [4.69, 9.17) is 4.74 Å². The monoisotopic (exact) mass is 260 g/mol. The molecule has 1 aliphatic carbocycles. The summed E-state index contributed by atoms with van der Waals surface area (Å²) in [4.78, 5) is 24.8. The smallest absolute Gasteiger partial charge is 0.320 e. The molecule has 0 heterocycles. The van der Waals surface area contributed by atoms with Crippen LogP contribution in [-0.4, -0.2) is 18.4 Å². The molecular weight excluding hydrogens is 240 g/mol. The second kappa shape index (κ2) is 5.55. The summed E-state index contributed by atoms with van der Waals surface area (Å²) in [6.07, 6.45) is 2.25. The van der Waals surface area contributed by atoms with Crippen molar-refractivity contribution in [2.45, 2.75) is 33.1 Å². The van der Waals surface area contributed by atoms with Crippen molar-refractivity contribution >= 4 is 11.8 Å². The first kappa shape index (κ1) is 13.8. The molecule has 1 fully saturated rings. The second-order valence-electron chi connectivity index (χ2n) is 5.18. The first-order valence-electron chi connectivity index (χ1n) is 6.91. The molecule has 3 heteroatoms. The number of hydrogen-bond acceptors (Lipinski definition) is 3. The van der Waals surface area contributed by atoms with E-state index in [9.17, 15) is 9.59 Å². The first-order valence-corrected chi connectivity index (χ1v) is 6.91. The molecule has 1 saturated carbocycles. The maximum absolute atomic E-state index is 12.6. The van der Waals surface area contributed by atoms with Gasteiger partial charge in [-0.05, 0) is 25.7 Å². The lowest BCUT2D eigenvalue weighted by atomic mass is 9.58. The van der Waals surface area contributed by atoms with Crippen LogP contribution < -0.4 is 0 Å². The van der Waals surface area contributed by atoms with Gasteiger partial charge in [-0.25, -0.2) is 0 Å². The van der Waals surface area contributed by atoms with E-state index >= 15 is 0 Å². The summed E-state index contributed by atoms with van der Waals surface area (Å²) in [5.41, 5.74) is -0.331. The van der Waals surface area contributed by atoms with E-state index < -0.39 is 5.41 Å². The molecule has 1 aliphatic rings. The molecule has 0 bridgehead atoms. The second-order valence-corrected chi connectivity index (χ2v) is 5.18. The number of ketones is 1. The van der Waals surface area contributed by atoms with E-state index in [1.54, 1.807) is 19.1 Å². The van der Waals surface area contributed by atoms with Crippen LogP contribution in [0, 0.1) is 11.3 Å². The Labute approximate surface area is 114 Å². The number of rotatable bonds is 5. The SMILES string of the molecule is CCOC(=O)C1(C(=O)c2ccccc2)CC(CC)C1. The fraction of sp³-hybridized carbons (Fsp3) is 0.500. The number of Topliss-reactive ketones (excluding diaryl/α,β-unsaturated/α-hetero) is 1. The van der Waals surface area contributed by atoms with Crippen LogP contribution in [0.4, 0.5) is 0 Å². The van der Waals surface area contributed by atoms with E-state index in [0.29, 0.717) is 30.9 Å². The molecule has 0 radical (unpaired) electrons. The minimum Gasteiger partial charge on any atom is -0.465 e. The fourth-order valence-corrected chi connectivity index (χ4v) is 2.79. The zero-order chi connectivity index (χ0) is 13.9. The molecule has 1 aromatic rings. The highest BCUT2D eigenvalue weighted by molar-refractivity contribution is 6.13.